The highest BCUT2D eigenvalue weighted by Crippen LogP contribution is 2.19. The Morgan fingerprint density at radius 2 is 1.67 bits per heavy atom. The van der Waals surface area contributed by atoms with E-state index in [0.29, 0.717) is 0 Å². The first-order valence-corrected chi connectivity index (χ1v) is 9.03. The molecule has 0 atom stereocenters. The van der Waals surface area contributed by atoms with Crippen LogP contribution in [0.25, 0.3) is 0 Å². The lowest BCUT2D eigenvalue weighted by molar-refractivity contribution is -0.115. The summed E-state index contributed by atoms with van der Waals surface area (Å²) in [6.45, 7) is 3.96. The Kier molecular flexibility index (Phi) is 5.41. The molecule has 0 aliphatic rings. The van der Waals surface area contributed by atoms with Gasteiger partial charge in [0.15, 0.2) is 0 Å². The van der Waals surface area contributed by atoms with Gasteiger partial charge in [-0.2, -0.15) is 0 Å². The molecule has 0 fully saturated rings. The Morgan fingerprint density at radius 3 is 2.25 bits per heavy atom. The van der Waals surface area contributed by atoms with Crippen molar-refractivity contribution < 1.29 is 13.2 Å². The molecule has 0 aromatic heterocycles. The summed E-state index contributed by atoms with van der Waals surface area (Å²) in [5, 5.41) is 2.90. The van der Waals surface area contributed by atoms with Gasteiger partial charge in [-0.1, -0.05) is 24.3 Å². The summed E-state index contributed by atoms with van der Waals surface area (Å²) in [6.07, 6.45) is 0.190. The lowest BCUT2D eigenvalue weighted by Crippen LogP contribution is -2.22. The van der Waals surface area contributed by atoms with Crippen LogP contribution in [0.4, 0.5) is 5.69 Å². The Hall–Kier alpha value is -2.18. The van der Waals surface area contributed by atoms with Crippen LogP contribution in [0.15, 0.2) is 47.4 Å². The second-order valence-corrected chi connectivity index (χ2v) is 8.06. The standard InChI is InChI=1S/C18H22N2O3S/c1-13-6-5-7-17(14(13)2)19-18(21)12-15-8-10-16(11-9-15)24(22,23)20(3)4/h5-11H,12H2,1-4H3,(H,19,21). The van der Waals surface area contributed by atoms with Crippen molar-refractivity contribution in [2.45, 2.75) is 25.2 Å². The number of anilines is 1. The molecule has 0 aliphatic carbocycles. The summed E-state index contributed by atoms with van der Waals surface area (Å²) in [5.74, 6) is -0.132. The molecule has 1 N–H and O–H groups in total. The Labute approximate surface area is 143 Å². The number of benzene rings is 2. The Bertz CT molecular complexity index is 841. The molecule has 128 valence electrons. The van der Waals surface area contributed by atoms with Gasteiger partial charge in [-0.3, -0.25) is 4.79 Å². The number of sulfonamides is 1. The maximum Gasteiger partial charge on any atom is 0.242 e. The fourth-order valence-corrected chi connectivity index (χ4v) is 3.16. The topological polar surface area (TPSA) is 66.5 Å². The summed E-state index contributed by atoms with van der Waals surface area (Å²) >= 11 is 0. The molecule has 6 heteroatoms. The Balaban J connectivity index is 2.09. The molecule has 0 saturated heterocycles. The number of nitrogens with one attached hydrogen (secondary N) is 1. The number of hydrogen-bond acceptors (Lipinski definition) is 3. The van der Waals surface area contributed by atoms with Crippen LogP contribution in [0, 0.1) is 13.8 Å². The zero-order valence-electron chi connectivity index (χ0n) is 14.3. The van der Waals surface area contributed by atoms with E-state index in [9.17, 15) is 13.2 Å². The quantitative estimate of drug-likeness (QED) is 0.905. The van der Waals surface area contributed by atoms with Gasteiger partial charge in [0, 0.05) is 19.8 Å². The molecule has 0 spiro atoms. The first-order chi connectivity index (χ1) is 11.2. The molecule has 0 aliphatic heterocycles. The molecule has 0 unspecified atom stereocenters. The van der Waals surface area contributed by atoms with E-state index in [2.05, 4.69) is 5.32 Å². The summed E-state index contributed by atoms with van der Waals surface area (Å²) < 4.78 is 25.2. The molecule has 2 aromatic rings. The fourth-order valence-electron chi connectivity index (χ4n) is 2.26. The molecular weight excluding hydrogens is 324 g/mol. The third kappa shape index (κ3) is 4.01. The van der Waals surface area contributed by atoms with Crippen LogP contribution in [-0.2, 0) is 21.2 Å². The number of amides is 1. The van der Waals surface area contributed by atoms with Gasteiger partial charge in [0.05, 0.1) is 11.3 Å². The van der Waals surface area contributed by atoms with Gasteiger partial charge in [0.2, 0.25) is 15.9 Å². The van der Waals surface area contributed by atoms with Crippen LogP contribution >= 0.6 is 0 Å². The predicted molar refractivity (Wildman–Crippen MR) is 95.6 cm³/mol. The van der Waals surface area contributed by atoms with E-state index in [-0.39, 0.29) is 17.2 Å². The lowest BCUT2D eigenvalue weighted by atomic mass is 10.1. The third-order valence-electron chi connectivity index (χ3n) is 3.95. The molecule has 24 heavy (non-hydrogen) atoms. The van der Waals surface area contributed by atoms with Crippen molar-refractivity contribution in [1.82, 2.24) is 4.31 Å². The number of nitrogens with zero attached hydrogens (tertiary/aromatic N) is 1. The molecule has 2 aromatic carbocycles. The average molecular weight is 346 g/mol. The SMILES string of the molecule is Cc1cccc(NC(=O)Cc2ccc(S(=O)(=O)N(C)C)cc2)c1C. The van der Waals surface area contributed by atoms with Crippen LogP contribution < -0.4 is 5.32 Å². The van der Waals surface area contributed by atoms with Crippen molar-refractivity contribution >= 4 is 21.6 Å². The summed E-state index contributed by atoms with van der Waals surface area (Å²) in [6, 6.07) is 12.1. The van der Waals surface area contributed by atoms with Gasteiger partial charge >= 0.3 is 0 Å². The van der Waals surface area contributed by atoms with Crippen molar-refractivity contribution in [3.63, 3.8) is 0 Å². The van der Waals surface area contributed by atoms with Crippen molar-refractivity contribution in [1.29, 1.82) is 0 Å². The smallest absolute Gasteiger partial charge is 0.242 e. The zero-order valence-corrected chi connectivity index (χ0v) is 15.1. The van der Waals surface area contributed by atoms with E-state index < -0.39 is 10.0 Å². The summed E-state index contributed by atoms with van der Waals surface area (Å²) in [4.78, 5) is 12.4. The number of carbonyl (C=O) groups is 1. The maximum atomic E-state index is 12.2. The molecule has 0 radical (unpaired) electrons. The number of aryl methyl sites for hydroxylation is 1. The normalized spacial score (nSPS) is 11.5. The lowest BCUT2D eigenvalue weighted by Gasteiger charge is -2.12. The highest BCUT2D eigenvalue weighted by molar-refractivity contribution is 7.89. The van der Waals surface area contributed by atoms with Crippen LogP contribution in [0.3, 0.4) is 0 Å². The largest absolute Gasteiger partial charge is 0.326 e. The molecule has 0 heterocycles. The number of carbonyl (C=O) groups excluding carboxylic acids is 1. The Morgan fingerprint density at radius 1 is 1.04 bits per heavy atom. The molecule has 2 rings (SSSR count). The molecular formula is C18H22N2O3S. The zero-order chi connectivity index (χ0) is 17.9. The van der Waals surface area contributed by atoms with Crippen molar-refractivity contribution in [3.8, 4) is 0 Å². The maximum absolute atomic E-state index is 12.2. The van der Waals surface area contributed by atoms with E-state index in [1.807, 2.05) is 32.0 Å². The molecule has 0 saturated carbocycles. The van der Waals surface area contributed by atoms with Gasteiger partial charge in [-0.25, -0.2) is 12.7 Å². The minimum Gasteiger partial charge on any atom is -0.326 e. The fraction of sp³-hybridized carbons (Fsp3) is 0.278. The second kappa shape index (κ2) is 7.15. The second-order valence-electron chi connectivity index (χ2n) is 5.90. The van der Waals surface area contributed by atoms with Crippen LogP contribution in [0.5, 0.6) is 0 Å². The van der Waals surface area contributed by atoms with Crippen molar-refractivity contribution in [2.24, 2.45) is 0 Å². The van der Waals surface area contributed by atoms with Crippen molar-refractivity contribution in [2.75, 3.05) is 19.4 Å². The van der Waals surface area contributed by atoms with Crippen LogP contribution in [-0.4, -0.2) is 32.7 Å². The van der Waals surface area contributed by atoms with Gasteiger partial charge in [-0.05, 0) is 48.7 Å². The van der Waals surface area contributed by atoms with Gasteiger partial charge < -0.3 is 5.32 Å². The monoisotopic (exact) mass is 346 g/mol. The minimum absolute atomic E-state index is 0.132. The molecule has 0 bridgehead atoms. The van der Waals surface area contributed by atoms with Crippen molar-refractivity contribution in [3.05, 3.63) is 59.2 Å². The van der Waals surface area contributed by atoms with Gasteiger partial charge in [-0.15, -0.1) is 0 Å². The summed E-state index contributed by atoms with van der Waals surface area (Å²) in [7, 11) is -0.474. The van der Waals surface area contributed by atoms with E-state index in [1.165, 1.54) is 26.2 Å². The van der Waals surface area contributed by atoms with Crippen LogP contribution in [0.1, 0.15) is 16.7 Å². The van der Waals surface area contributed by atoms with Gasteiger partial charge in [0.25, 0.3) is 0 Å². The average Bonchev–Trinajstić information content (AvgIpc) is 2.52. The highest BCUT2D eigenvalue weighted by atomic mass is 32.2. The number of rotatable bonds is 5. The first kappa shape index (κ1) is 18.2. The van der Waals surface area contributed by atoms with E-state index in [1.54, 1.807) is 12.1 Å². The van der Waals surface area contributed by atoms with Gasteiger partial charge in [0.1, 0.15) is 0 Å². The van der Waals surface area contributed by atoms with E-state index >= 15 is 0 Å². The van der Waals surface area contributed by atoms with E-state index in [0.717, 1.165) is 26.7 Å². The minimum atomic E-state index is -3.45. The number of hydrogen-bond donors (Lipinski definition) is 1. The predicted octanol–water partition coefficient (Wildman–Crippen LogP) is 2.73. The summed E-state index contributed by atoms with van der Waals surface area (Å²) in [5.41, 5.74) is 3.71. The van der Waals surface area contributed by atoms with Crippen LogP contribution in [0.2, 0.25) is 0 Å². The molecule has 5 nitrogen and oxygen atoms in total. The highest BCUT2D eigenvalue weighted by Gasteiger charge is 2.17. The molecule has 1 amide bonds. The van der Waals surface area contributed by atoms with E-state index in [4.69, 9.17) is 0 Å². The third-order valence-corrected chi connectivity index (χ3v) is 5.77. The first-order valence-electron chi connectivity index (χ1n) is 7.59.